The molecule has 0 radical (unpaired) electrons. The zero-order valence-electron chi connectivity index (χ0n) is 12.1. The van der Waals surface area contributed by atoms with Gasteiger partial charge in [0.25, 0.3) is 0 Å². The molecule has 1 atom stereocenters. The minimum absolute atomic E-state index is 0.267. The number of hydrogen-bond acceptors (Lipinski definition) is 3. The molecule has 1 unspecified atom stereocenters. The molecule has 0 saturated carbocycles. The van der Waals surface area contributed by atoms with Crippen LogP contribution in [0, 0.1) is 0 Å². The Bertz CT molecular complexity index is 557. The molecule has 0 saturated heterocycles. The lowest BCUT2D eigenvalue weighted by Gasteiger charge is -2.15. The summed E-state index contributed by atoms with van der Waals surface area (Å²) >= 11 is 3.37. The molecule has 0 aromatic heterocycles. The van der Waals surface area contributed by atoms with Gasteiger partial charge in [-0.05, 0) is 42.3 Å². The second-order valence-corrected chi connectivity index (χ2v) is 5.73. The zero-order chi connectivity index (χ0) is 15.1. The van der Waals surface area contributed by atoms with Gasteiger partial charge in [-0.3, -0.25) is 0 Å². The lowest BCUT2D eigenvalue weighted by atomic mass is 10.1. The zero-order valence-corrected chi connectivity index (χ0v) is 13.6. The van der Waals surface area contributed by atoms with E-state index in [0.29, 0.717) is 6.54 Å². The van der Waals surface area contributed by atoms with Crippen molar-refractivity contribution >= 4 is 21.6 Å². The number of hydrogen-bond donors (Lipinski definition) is 2. The van der Waals surface area contributed by atoms with Crippen molar-refractivity contribution in [1.82, 2.24) is 0 Å². The maximum absolute atomic E-state index is 9.99. The van der Waals surface area contributed by atoms with E-state index in [2.05, 4.69) is 34.2 Å². The number of benzene rings is 2. The largest absolute Gasteiger partial charge is 0.491 e. The Morgan fingerprint density at radius 2 is 1.86 bits per heavy atom. The van der Waals surface area contributed by atoms with Crippen molar-refractivity contribution in [1.29, 1.82) is 0 Å². The van der Waals surface area contributed by atoms with Gasteiger partial charge in [-0.25, -0.2) is 0 Å². The van der Waals surface area contributed by atoms with E-state index in [0.717, 1.165) is 22.3 Å². The van der Waals surface area contributed by atoms with E-state index in [-0.39, 0.29) is 6.61 Å². The maximum Gasteiger partial charge on any atom is 0.119 e. The monoisotopic (exact) mass is 349 g/mol. The molecule has 2 N–H and O–H groups in total. The van der Waals surface area contributed by atoms with Gasteiger partial charge in [0, 0.05) is 16.7 Å². The second kappa shape index (κ2) is 8.05. The van der Waals surface area contributed by atoms with Crippen LogP contribution in [0.15, 0.2) is 53.0 Å². The first-order valence-electron chi connectivity index (χ1n) is 7.07. The number of aryl methyl sites for hydroxylation is 1. The van der Waals surface area contributed by atoms with Gasteiger partial charge in [-0.2, -0.15) is 0 Å². The molecule has 3 nitrogen and oxygen atoms in total. The summed E-state index contributed by atoms with van der Waals surface area (Å²) in [7, 11) is 0. The molecule has 0 aliphatic carbocycles. The van der Waals surface area contributed by atoms with Gasteiger partial charge < -0.3 is 15.2 Å². The summed E-state index contributed by atoms with van der Waals surface area (Å²) < 4.78 is 6.56. The lowest BCUT2D eigenvalue weighted by molar-refractivity contribution is 0.117. The average Bonchev–Trinajstić information content (AvgIpc) is 2.52. The van der Waals surface area contributed by atoms with E-state index in [1.54, 1.807) is 0 Å². The summed E-state index contributed by atoms with van der Waals surface area (Å²) in [6.45, 7) is 2.85. The number of halogens is 1. The van der Waals surface area contributed by atoms with Gasteiger partial charge in [0.15, 0.2) is 0 Å². The normalized spacial score (nSPS) is 12.0. The summed E-state index contributed by atoms with van der Waals surface area (Å²) in [6.07, 6.45) is 0.410. The first-order valence-corrected chi connectivity index (χ1v) is 7.86. The molecule has 0 bridgehead atoms. The molecule has 4 heteroatoms. The van der Waals surface area contributed by atoms with Gasteiger partial charge in [0.05, 0.1) is 0 Å². The average molecular weight is 350 g/mol. The Hall–Kier alpha value is -1.52. The molecule has 2 aromatic carbocycles. The summed E-state index contributed by atoms with van der Waals surface area (Å²) in [5, 5.41) is 13.3. The molecule has 0 aliphatic rings. The standard InChI is InChI=1S/C17H20BrNO2/c1-2-13-5-3-4-6-17(13)19-11-15(20)12-21-16-9-7-14(18)8-10-16/h3-10,15,19-20H,2,11-12H2,1H3. The minimum atomic E-state index is -0.557. The SMILES string of the molecule is CCc1ccccc1NCC(O)COc1ccc(Br)cc1. The van der Waals surface area contributed by atoms with Gasteiger partial charge in [-0.1, -0.05) is 41.1 Å². The van der Waals surface area contributed by atoms with E-state index < -0.39 is 6.10 Å². The van der Waals surface area contributed by atoms with Crippen LogP contribution in [0.1, 0.15) is 12.5 Å². The molecular weight excluding hydrogens is 330 g/mol. The van der Waals surface area contributed by atoms with Crippen molar-refractivity contribution in [2.24, 2.45) is 0 Å². The fourth-order valence-electron chi connectivity index (χ4n) is 2.01. The van der Waals surface area contributed by atoms with Crippen LogP contribution >= 0.6 is 15.9 Å². The van der Waals surface area contributed by atoms with Crippen LogP contribution in [0.4, 0.5) is 5.69 Å². The van der Waals surface area contributed by atoms with E-state index >= 15 is 0 Å². The van der Waals surface area contributed by atoms with Crippen molar-refractivity contribution in [3.63, 3.8) is 0 Å². The highest BCUT2D eigenvalue weighted by Crippen LogP contribution is 2.17. The van der Waals surface area contributed by atoms with Crippen LogP contribution in [0.3, 0.4) is 0 Å². The van der Waals surface area contributed by atoms with Gasteiger partial charge >= 0.3 is 0 Å². The Morgan fingerprint density at radius 1 is 1.14 bits per heavy atom. The molecule has 2 rings (SSSR count). The molecule has 0 fully saturated rings. The van der Waals surface area contributed by atoms with E-state index in [1.807, 2.05) is 42.5 Å². The Kier molecular flexibility index (Phi) is 6.08. The summed E-state index contributed by atoms with van der Waals surface area (Å²) in [5.41, 5.74) is 2.32. The van der Waals surface area contributed by atoms with Crippen molar-refractivity contribution in [3.8, 4) is 5.75 Å². The summed E-state index contributed by atoms with van der Waals surface area (Å²) in [6, 6.07) is 15.7. The predicted octanol–water partition coefficient (Wildman–Crippen LogP) is 3.86. The van der Waals surface area contributed by atoms with Crippen molar-refractivity contribution < 1.29 is 9.84 Å². The van der Waals surface area contributed by atoms with Crippen molar-refractivity contribution in [2.75, 3.05) is 18.5 Å². The third-order valence-electron chi connectivity index (χ3n) is 3.18. The molecule has 0 heterocycles. The first kappa shape index (κ1) is 15.9. The Labute approximate surface area is 134 Å². The van der Waals surface area contributed by atoms with Crippen LogP contribution in [0.25, 0.3) is 0 Å². The van der Waals surface area contributed by atoms with Crippen molar-refractivity contribution in [3.05, 3.63) is 58.6 Å². The fourth-order valence-corrected chi connectivity index (χ4v) is 2.28. The van der Waals surface area contributed by atoms with Gasteiger partial charge in [0.1, 0.15) is 18.5 Å². The molecule has 112 valence electrons. The van der Waals surface area contributed by atoms with Gasteiger partial charge in [-0.15, -0.1) is 0 Å². The molecule has 0 aliphatic heterocycles. The Balaban J connectivity index is 1.79. The number of para-hydroxylation sites is 1. The van der Waals surface area contributed by atoms with E-state index in [9.17, 15) is 5.11 Å². The third kappa shape index (κ3) is 5.06. The topological polar surface area (TPSA) is 41.5 Å². The number of aliphatic hydroxyl groups excluding tert-OH is 1. The highest BCUT2D eigenvalue weighted by molar-refractivity contribution is 9.10. The second-order valence-electron chi connectivity index (χ2n) is 4.81. The smallest absolute Gasteiger partial charge is 0.119 e. The minimum Gasteiger partial charge on any atom is -0.491 e. The van der Waals surface area contributed by atoms with Crippen LogP contribution in [0.5, 0.6) is 5.75 Å². The lowest BCUT2D eigenvalue weighted by Crippen LogP contribution is -2.26. The number of aliphatic hydroxyl groups is 1. The molecule has 2 aromatic rings. The molecular formula is C17H20BrNO2. The number of anilines is 1. The van der Waals surface area contributed by atoms with Crippen LogP contribution in [0.2, 0.25) is 0 Å². The summed E-state index contributed by atoms with van der Waals surface area (Å²) in [4.78, 5) is 0. The third-order valence-corrected chi connectivity index (χ3v) is 3.71. The molecule has 0 amide bonds. The quantitative estimate of drug-likeness (QED) is 0.797. The van der Waals surface area contributed by atoms with Crippen LogP contribution < -0.4 is 10.1 Å². The fraction of sp³-hybridized carbons (Fsp3) is 0.294. The first-order chi connectivity index (χ1) is 10.2. The molecule has 21 heavy (non-hydrogen) atoms. The summed E-state index contributed by atoms with van der Waals surface area (Å²) in [5.74, 6) is 0.756. The van der Waals surface area contributed by atoms with Gasteiger partial charge in [0.2, 0.25) is 0 Å². The van der Waals surface area contributed by atoms with E-state index in [1.165, 1.54) is 5.56 Å². The number of nitrogens with one attached hydrogen (secondary N) is 1. The van der Waals surface area contributed by atoms with Crippen LogP contribution in [-0.4, -0.2) is 24.4 Å². The highest BCUT2D eigenvalue weighted by atomic mass is 79.9. The number of ether oxygens (including phenoxy) is 1. The Morgan fingerprint density at radius 3 is 2.57 bits per heavy atom. The predicted molar refractivity (Wildman–Crippen MR) is 90.0 cm³/mol. The maximum atomic E-state index is 9.99. The van der Waals surface area contributed by atoms with Crippen LogP contribution in [-0.2, 0) is 6.42 Å². The van der Waals surface area contributed by atoms with E-state index in [4.69, 9.17) is 4.74 Å². The van der Waals surface area contributed by atoms with Crippen molar-refractivity contribution in [2.45, 2.75) is 19.4 Å². The molecule has 0 spiro atoms. The highest BCUT2D eigenvalue weighted by Gasteiger charge is 2.06. The number of rotatable bonds is 7.